The highest BCUT2D eigenvalue weighted by molar-refractivity contribution is 5.96. The molecule has 0 unspecified atom stereocenters. The van der Waals surface area contributed by atoms with E-state index in [9.17, 15) is 14.4 Å². The summed E-state index contributed by atoms with van der Waals surface area (Å²) in [7, 11) is 0. The number of nitrogens with zero attached hydrogens (tertiary/aromatic N) is 1. The van der Waals surface area contributed by atoms with Gasteiger partial charge in [0, 0.05) is 25.1 Å². The van der Waals surface area contributed by atoms with Crippen LogP contribution in [0.2, 0.25) is 0 Å². The fourth-order valence-corrected chi connectivity index (χ4v) is 4.37. The molecule has 2 aliphatic rings. The lowest BCUT2D eigenvalue weighted by atomic mass is 9.70. The molecule has 2 N–H and O–H groups in total. The third kappa shape index (κ3) is 4.74. The highest BCUT2D eigenvalue weighted by Crippen LogP contribution is 2.44. The number of amides is 2. The van der Waals surface area contributed by atoms with Crippen molar-refractivity contribution in [1.82, 2.24) is 10.2 Å². The Morgan fingerprint density at radius 2 is 1.96 bits per heavy atom. The molecule has 1 saturated heterocycles. The van der Waals surface area contributed by atoms with Crippen molar-refractivity contribution in [2.24, 2.45) is 23.7 Å². The van der Waals surface area contributed by atoms with E-state index in [0.29, 0.717) is 19.4 Å². The molecule has 1 aliphatic carbocycles. The van der Waals surface area contributed by atoms with Crippen LogP contribution in [-0.4, -0.2) is 59.6 Å². The molecule has 0 bridgehead atoms. The zero-order chi connectivity index (χ0) is 20.8. The highest BCUT2D eigenvalue weighted by Gasteiger charge is 2.56. The van der Waals surface area contributed by atoms with Crippen molar-refractivity contribution >= 4 is 17.8 Å². The van der Waals surface area contributed by atoms with Gasteiger partial charge in [-0.15, -0.1) is 0 Å². The standard InChI is InChI=1S/C21H34N2O5/c1-5-28-21(27)16-14(4)9-10-15-17(16)20(26)23(11-7-6-8-12-24)18(15)19(25)22-13(2)3/h9-10,13-18,24H,5-8,11-12H2,1-4H3,(H,22,25)/t14-,15+,16-,17-,18+/m1/s1. The van der Waals surface area contributed by atoms with Gasteiger partial charge in [-0.05, 0) is 46.0 Å². The van der Waals surface area contributed by atoms with E-state index in [1.54, 1.807) is 11.8 Å². The van der Waals surface area contributed by atoms with Gasteiger partial charge in [0.2, 0.25) is 11.8 Å². The molecule has 0 saturated carbocycles. The Hall–Kier alpha value is -1.89. The van der Waals surface area contributed by atoms with Gasteiger partial charge >= 0.3 is 5.97 Å². The third-order valence-electron chi connectivity index (χ3n) is 5.59. The second-order valence-corrected chi connectivity index (χ2v) is 8.05. The summed E-state index contributed by atoms with van der Waals surface area (Å²) in [6.45, 7) is 8.26. The number of rotatable bonds is 9. The van der Waals surface area contributed by atoms with Crippen molar-refractivity contribution in [3.8, 4) is 0 Å². The average Bonchev–Trinajstić information content (AvgIpc) is 2.90. The van der Waals surface area contributed by atoms with Crippen molar-refractivity contribution < 1.29 is 24.2 Å². The second-order valence-electron chi connectivity index (χ2n) is 8.05. The van der Waals surface area contributed by atoms with Gasteiger partial charge in [0.05, 0.1) is 18.4 Å². The van der Waals surface area contributed by atoms with Gasteiger partial charge in [-0.3, -0.25) is 14.4 Å². The number of fused-ring (bicyclic) bond motifs is 1. The number of hydrogen-bond donors (Lipinski definition) is 2. The van der Waals surface area contributed by atoms with Crippen molar-refractivity contribution in [2.75, 3.05) is 19.8 Å². The highest BCUT2D eigenvalue weighted by atomic mass is 16.5. The van der Waals surface area contributed by atoms with Crippen LogP contribution in [0.3, 0.4) is 0 Å². The smallest absolute Gasteiger partial charge is 0.310 e. The first kappa shape index (κ1) is 22.4. The minimum atomic E-state index is -0.616. The molecule has 7 heteroatoms. The SMILES string of the molecule is CCOC(=O)[C@H]1[C@@H]2C(=O)N(CCCCCO)[C@H](C(=O)NC(C)C)[C@H]2C=C[C@H]1C. The Morgan fingerprint density at radius 1 is 1.25 bits per heavy atom. The molecule has 0 aromatic rings. The Morgan fingerprint density at radius 3 is 2.57 bits per heavy atom. The summed E-state index contributed by atoms with van der Waals surface area (Å²) in [6.07, 6.45) is 6.02. The topological polar surface area (TPSA) is 95.9 Å². The van der Waals surface area contributed by atoms with Crippen LogP contribution in [0.5, 0.6) is 0 Å². The van der Waals surface area contributed by atoms with Crippen LogP contribution >= 0.6 is 0 Å². The number of carbonyl (C=O) groups excluding carboxylic acids is 3. The zero-order valence-corrected chi connectivity index (χ0v) is 17.4. The summed E-state index contributed by atoms with van der Waals surface area (Å²) < 4.78 is 5.25. The molecule has 0 radical (unpaired) electrons. The van der Waals surface area contributed by atoms with Crippen molar-refractivity contribution in [1.29, 1.82) is 0 Å². The Balaban J connectivity index is 2.32. The first-order valence-corrected chi connectivity index (χ1v) is 10.4. The lowest BCUT2D eigenvalue weighted by Crippen LogP contribution is -2.49. The zero-order valence-electron chi connectivity index (χ0n) is 17.4. The number of allylic oxidation sites excluding steroid dienone is 1. The van der Waals surface area contributed by atoms with E-state index in [-0.39, 0.29) is 48.9 Å². The van der Waals surface area contributed by atoms with Gasteiger partial charge in [-0.1, -0.05) is 19.1 Å². The second kappa shape index (κ2) is 10.0. The largest absolute Gasteiger partial charge is 0.466 e. The predicted molar refractivity (Wildman–Crippen MR) is 105 cm³/mol. The normalized spacial score (nSPS) is 29.1. The molecule has 1 heterocycles. The summed E-state index contributed by atoms with van der Waals surface area (Å²) >= 11 is 0. The van der Waals surface area contributed by atoms with Crippen LogP contribution in [-0.2, 0) is 19.1 Å². The Kier molecular flexibility index (Phi) is 8.04. The molecule has 158 valence electrons. The van der Waals surface area contributed by atoms with E-state index in [0.717, 1.165) is 6.42 Å². The number of likely N-dealkylation sites (tertiary alicyclic amines) is 1. The number of aliphatic hydroxyl groups is 1. The molecule has 1 aliphatic heterocycles. The van der Waals surface area contributed by atoms with Crippen LogP contribution in [0.15, 0.2) is 12.2 Å². The van der Waals surface area contributed by atoms with Gasteiger partial charge in [-0.25, -0.2) is 0 Å². The Bertz CT molecular complexity index is 604. The fourth-order valence-electron chi connectivity index (χ4n) is 4.37. The number of esters is 1. The van der Waals surface area contributed by atoms with Gasteiger partial charge in [0.15, 0.2) is 0 Å². The molecule has 1 fully saturated rings. The monoisotopic (exact) mass is 394 g/mol. The number of ether oxygens (including phenoxy) is 1. The molecule has 0 spiro atoms. The maximum atomic E-state index is 13.3. The number of nitrogens with one attached hydrogen (secondary N) is 1. The Labute approximate surface area is 167 Å². The van der Waals surface area contributed by atoms with Gasteiger partial charge in [0.25, 0.3) is 0 Å². The van der Waals surface area contributed by atoms with E-state index < -0.39 is 17.9 Å². The quantitative estimate of drug-likeness (QED) is 0.351. The summed E-state index contributed by atoms with van der Waals surface area (Å²) in [5.41, 5.74) is 0. The molecule has 28 heavy (non-hydrogen) atoms. The lowest BCUT2D eigenvalue weighted by molar-refractivity contribution is -0.155. The van der Waals surface area contributed by atoms with E-state index in [1.807, 2.05) is 32.9 Å². The average molecular weight is 395 g/mol. The summed E-state index contributed by atoms with van der Waals surface area (Å²) in [5.74, 6) is -2.29. The van der Waals surface area contributed by atoms with E-state index in [1.165, 1.54) is 0 Å². The van der Waals surface area contributed by atoms with Crippen molar-refractivity contribution in [2.45, 2.75) is 59.0 Å². The van der Waals surface area contributed by atoms with Crippen LogP contribution in [0.25, 0.3) is 0 Å². The summed E-state index contributed by atoms with van der Waals surface area (Å²) in [6, 6.07) is -0.653. The van der Waals surface area contributed by atoms with Gasteiger partial charge < -0.3 is 20.1 Å². The minimum absolute atomic E-state index is 0.0368. The number of aliphatic hydroxyl groups excluding tert-OH is 1. The number of unbranched alkanes of at least 4 members (excludes halogenated alkanes) is 2. The summed E-state index contributed by atoms with van der Waals surface area (Å²) in [5, 5.41) is 11.9. The van der Waals surface area contributed by atoms with E-state index in [4.69, 9.17) is 9.84 Å². The van der Waals surface area contributed by atoms with Crippen LogP contribution < -0.4 is 5.32 Å². The molecule has 7 nitrogen and oxygen atoms in total. The lowest BCUT2D eigenvalue weighted by Gasteiger charge is -2.32. The third-order valence-corrected chi connectivity index (χ3v) is 5.59. The van der Waals surface area contributed by atoms with Crippen molar-refractivity contribution in [3.63, 3.8) is 0 Å². The predicted octanol–water partition coefficient (Wildman–Crippen LogP) is 1.50. The van der Waals surface area contributed by atoms with Gasteiger partial charge in [-0.2, -0.15) is 0 Å². The maximum absolute atomic E-state index is 13.3. The first-order chi connectivity index (χ1) is 13.3. The molecular formula is C21H34N2O5. The van der Waals surface area contributed by atoms with Crippen molar-refractivity contribution in [3.05, 3.63) is 12.2 Å². The molecule has 0 aromatic heterocycles. The first-order valence-electron chi connectivity index (χ1n) is 10.4. The summed E-state index contributed by atoms with van der Waals surface area (Å²) in [4.78, 5) is 40.5. The van der Waals surface area contributed by atoms with Crippen LogP contribution in [0, 0.1) is 23.7 Å². The van der Waals surface area contributed by atoms with Crippen LogP contribution in [0.4, 0.5) is 0 Å². The van der Waals surface area contributed by atoms with E-state index >= 15 is 0 Å². The van der Waals surface area contributed by atoms with Gasteiger partial charge in [0.1, 0.15) is 6.04 Å². The molecule has 5 atom stereocenters. The van der Waals surface area contributed by atoms with Crippen LogP contribution in [0.1, 0.15) is 47.0 Å². The molecule has 0 aromatic carbocycles. The minimum Gasteiger partial charge on any atom is -0.466 e. The molecule has 2 amide bonds. The van der Waals surface area contributed by atoms with E-state index in [2.05, 4.69) is 5.32 Å². The number of hydrogen-bond acceptors (Lipinski definition) is 5. The fraction of sp³-hybridized carbons (Fsp3) is 0.762. The number of carbonyl (C=O) groups is 3. The molecular weight excluding hydrogens is 360 g/mol. The maximum Gasteiger partial charge on any atom is 0.310 e. The molecule has 2 rings (SSSR count).